The maximum atomic E-state index is 12.0. The van der Waals surface area contributed by atoms with Crippen LogP contribution < -0.4 is 0 Å². The fourth-order valence-electron chi connectivity index (χ4n) is 3.14. The summed E-state index contributed by atoms with van der Waals surface area (Å²) in [6, 6.07) is 0.436. The van der Waals surface area contributed by atoms with E-state index in [1.807, 2.05) is 13.8 Å². The first kappa shape index (κ1) is 18.5. The Balaban J connectivity index is 1.74. The summed E-state index contributed by atoms with van der Waals surface area (Å²) in [6.07, 6.45) is 2.91. The molecule has 0 N–H and O–H groups in total. The summed E-state index contributed by atoms with van der Waals surface area (Å²) in [5, 5.41) is 0. The Morgan fingerprint density at radius 1 is 1.09 bits per heavy atom. The number of amides is 1. The van der Waals surface area contributed by atoms with Crippen molar-refractivity contribution in [3.8, 4) is 0 Å². The van der Waals surface area contributed by atoms with E-state index in [9.17, 15) is 13.2 Å². The molecule has 2 aliphatic rings. The molecule has 7 nitrogen and oxygen atoms in total. The minimum Gasteiger partial charge on any atom is -0.449 e. The maximum Gasteiger partial charge on any atom is 0.409 e. The van der Waals surface area contributed by atoms with Crippen LogP contribution in [0.1, 0.15) is 26.7 Å². The molecule has 2 saturated heterocycles. The van der Waals surface area contributed by atoms with Gasteiger partial charge in [-0.1, -0.05) is 13.8 Å². The first-order chi connectivity index (χ1) is 10.8. The number of carbonyl (C=O) groups is 1. The van der Waals surface area contributed by atoms with E-state index >= 15 is 0 Å². The van der Waals surface area contributed by atoms with Crippen LogP contribution in [0.4, 0.5) is 4.79 Å². The molecular weight excluding hydrogens is 318 g/mol. The van der Waals surface area contributed by atoms with Crippen LogP contribution >= 0.6 is 0 Å². The lowest BCUT2D eigenvalue weighted by Crippen LogP contribution is -2.54. The zero-order chi connectivity index (χ0) is 17.0. The van der Waals surface area contributed by atoms with Crippen molar-refractivity contribution in [1.29, 1.82) is 0 Å². The highest BCUT2D eigenvalue weighted by molar-refractivity contribution is 7.88. The van der Waals surface area contributed by atoms with Gasteiger partial charge in [0.15, 0.2) is 0 Å². The minimum atomic E-state index is -3.08. The van der Waals surface area contributed by atoms with Gasteiger partial charge in [0.05, 0.1) is 12.9 Å². The van der Waals surface area contributed by atoms with Gasteiger partial charge in [0.2, 0.25) is 10.0 Å². The number of sulfonamides is 1. The van der Waals surface area contributed by atoms with Gasteiger partial charge in [-0.25, -0.2) is 13.2 Å². The van der Waals surface area contributed by atoms with Gasteiger partial charge in [-0.2, -0.15) is 4.31 Å². The number of piperidine rings is 1. The summed E-state index contributed by atoms with van der Waals surface area (Å²) >= 11 is 0. The molecule has 0 spiro atoms. The fourth-order valence-corrected chi connectivity index (χ4v) is 3.97. The second-order valence-corrected chi connectivity index (χ2v) is 8.87. The van der Waals surface area contributed by atoms with Crippen molar-refractivity contribution in [2.45, 2.75) is 32.7 Å². The maximum absolute atomic E-state index is 12.0. The van der Waals surface area contributed by atoms with E-state index in [2.05, 4.69) is 4.90 Å². The Hall–Kier alpha value is -0.860. The minimum absolute atomic E-state index is 0.209. The largest absolute Gasteiger partial charge is 0.449 e. The number of carbonyl (C=O) groups excluding carboxylic acids is 1. The van der Waals surface area contributed by atoms with Gasteiger partial charge in [0, 0.05) is 45.3 Å². The first-order valence-corrected chi connectivity index (χ1v) is 10.2. The normalized spacial score (nSPS) is 22.5. The zero-order valence-electron chi connectivity index (χ0n) is 14.4. The summed E-state index contributed by atoms with van der Waals surface area (Å²) in [4.78, 5) is 16.1. The number of likely N-dealkylation sites (tertiary alicyclic amines) is 1. The number of ether oxygens (including phenoxy) is 1. The lowest BCUT2D eigenvalue weighted by molar-refractivity contribution is 0.0568. The van der Waals surface area contributed by atoms with Gasteiger partial charge in [0.25, 0.3) is 0 Å². The van der Waals surface area contributed by atoms with Crippen LogP contribution in [0.3, 0.4) is 0 Å². The molecule has 23 heavy (non-hydrogen) atoms. The average molecular weight is 347 g/mol. The molecule has 134 valence electrons. The SMILES string of the molecule is CC(C)COC(=O)N1CCC(N2CCN(S(C)(=O)=O)CC2)CC1. The Bertz CT molecular complexity index is 493. The topological polar surface area (TPSA) is 70.2 Å². The third kappa shape index (κ3) is 5.32. The van der Waals surface area contributed by atoms with Gasteiger partial charge in [-0.05, 0) is 18.8 Å². The third-order valence-electron chi connectivity index (χ3n) is 4.52. The van der Waals surface area contributed by atoms with Crippen molar-refractivity contribution < 1.29 is 17.9 Å². The highest BCUT2D eigenvalue weighted by atomic mass is 32.2. The van der Waals surface area contributed by atoms with Gasteiger partial charge in [0.1, 0.15) is 0 Å². The molecule has 0 unspecified atom stereocenters. The summed E-state index contributed by atoms with van der Waals surface area (Å²) < 4.78 is 29.9. The molecule has 0 saturated carbocycles. The lowest BCUT2D eigenvalue weighted by atomic mass is 10.0. The van der Waals surface area contributed by atoms with E-state index < -0.39 is 10.0 Å². The Morgan fingerprint density at radius 2 is 1.65 bits per heavy atom. The smallest absolute Gasteiger partial charge is 0.409 e. The van der Waals surface area contributed by atoms with Crippen LogP contribution in [0.2, 0.25) is 0 Å². The molecule has 0 aromatic rings. The molecule has 2 fully saturated rings. The van der Waals surface area contributed by atoms with E-state index in [1.54, 1.807) is 9.21 Å². The van der Waals surface area contributed by atoms with Crippen LogP contribution in [0.15, 0.2) is 0 Å². The van der Waals surface area contributed by atoms with Crippen molar-refractivity contribution >= 4 is 16.1 Å². The summed E-state index contributed by atoms with van der Waals surface area (Å²) in [7, 11) is -3.08. The fraction of sp³-hybridized carbons (Fsp3) is 0.933. The number of piperazine rings is 1. The molecule has 2 aliphatic heterocycles. The van der Waals surface area contributed by atoms with Crippen LogP contribution in [0, 0.1) is 5.92 Å². The van der Waals surface area contributed by atoms with Crippen LogP contribution in [0.25, 0.3) is 0 Å². The monoisotopic (exact) mass is 347 g/mol. The number of rotatable bonds is 4. The van der Waals surface area contributed by atoms with E-state index in [0.29, 0.717) is 44.7 Å². The van der Waals surface area contributed by atoms with Crippen molar-refractivity contribution in [2.24, 2.45) is 5.92 Å². The second kappa shape index (κ2) is 7.81. The van der Waals surface area contributed by atoms with E-state index in [4.69, 9.17) is 4.74 Å². The first-order valence-electron chi connectivity index (χ1n) is 8.38. The zero-order valence-corrected chi connectivity index (χ0v) is 15.2. The predicted molar refractivity (Wildman–Crippen MR) is 88.8 cm³/mol. The number of hydrogen-bond acceptors (Lipinski definition) is 5. The van der Waals surface area contributed by atoms with Crippen LogP contribution in [-0.2, 0) is 14.8 Å². The van der Waals surface area contributed by atoms with Crippen molar-refractivity contribution in [3.05, 3.63) is 0 Å². The van der Waals surface area contributed by atoms with E-state index in [1.165, 1.54) is 6.26 Å². The molecule has 0 atom stereocenters. The number of nitrogens with zero attached hydrogens (tertiary/aromatic N) is 3. The van der Waals surface area contributed by atoms with Crippen LogP contribution in [-0.4, -0.2) is 86.8 Å². The van der Waals surface area contributed by atoms with Crippen LogP contribution in [0.5, 0.6) is 0 Å². The van der Waals surface area contributed by atoms with Gasteiger partial charge in [-0.15, -0.1) is 0 Å². The molecule has 8 heteroatoms. The molecule has 0 bridgehead atoms. The lowest BCUT2D eigenvalue weighted by Gasteiger charge is -2.41. The summed E-state index contributed by atoms with van der Waals surface area (Å²) in [6.45, 7) is 8.62. The highest BCUT2D eigenvalue weighted by Crippen LogP contribution is 2.19. The molecule has 0 radical (unpaired) electrons. The van der Waals surface area contributed by atoms with E-state index in [0.717, 1.165) is 25.9 Å². The average Bonchev–Trinajstić information content (AvgIpc) is 2.52. The predicted octanol–water partition coefficient (Wildman–Crippen LogP) is 0.821. The quantitative estimate of drug-likeness (QED) is 0.753. The summed E-state index contributed by atoms with van der Waals surface area (Å²) in [5.41, 5.74) is 0. The van der Waals surface area contributed by atoms with Crippen molar-refractivity contribution in [3.63, 3.8) is 0 Å². The Kier molecular flexibility index (Phi) is 6.27. The third-order valence-corrected chi connectivity index (χ3v) is 5.82. The molecule has 2 heterocycles. The molecule has 0 aliphatic carbocycles. The summed E-state index contributed by atoms with van der Waals surface area (Å²) in [5.74, 6) is 0.350. The number of hydrogen-bond donors (Lipinski definition) is 0. The Morgan fingerprint density at radius 3 is 2.13 bits per heavy atom. The van der Waals surface area contributed by atoms with Gasteiger partial charge in [-0.3, -0.25) is 4.90 Å². The molecular formula is C15H29N3O4S. The standard InChI is InChI=1S/C15H29N3O4S/c1-13(2)12-22-15(19)17-6-4-14(5-7-17)16-8-10-18(11-9-16)23(3,20)21/h13-14H,4-12H2,1-3H3. The van der Waals surface area contributed by atoms with Gasteiger partial charge < -0.3 is 9.64 Å². The highest BCUT2D eigenvalue weighted by Gasteiger charge is 2.31. The Labute approximate surface area is 139 Å². The van der Waals surface area contributed by atoms with Gasteiger partial charge >= 0.3 is 6.09 Å². The van der Waals surface area contributed by atoms with Crippen molar-refractivity contribution in [1.82, 2.24) is 14.1 Å². The second-order valence-electron chi connectivity index (χ2n) is 6.89. The molecule has 0 aromatic carbocycles. The molecule has 1 amide bonds. The van der Waals surface area contributed by atoms with E-state index in [-0.39, 0.29) is 6.09 Å². The molecule has 0 aromatic heterocycles. The molecule has 2 rings (SSSR count). The van der Waals surface area contributed by atoms with Crippen molar-refractivity contribution in [2.75, 3.05) is 52.1 Å².